The van der Waals surface area contributed by atoms with Crippen LogP contribution in [0, 0.1) is 0 Å². The molecule has 0 radical (unpaired) electrons. The summed E-state index contributed by atoms with van der Waals surface area (Å²) >= 11 is 0. The van der Waals surface area contributed by atoms with E-state index < -0.39 is 22.3 Å². The lowest BCUT2D eigenvalue weighted by atomic mass is 10.1. The van der Waals surface area contributed by atoms with Crippen LogP contribution >= 0.6 is 0 Å². The van der Waals surface area contributed by atoms with Crippen molar-refractivity contribution in [2.24, 2.45) is 0 Å². The molecule has 1 aliphatic rings. The Bertz CT molecular complexity index is 364. The van der Waals surface area contributed by atoms with Crippen LogP contribution in [0.15, 0.2) is 0 Å². The Morgan fingerprint density at radius 1 is 1.17 bits per heavy atom. The Morgan fingerprint density at radius 2 is 1.72 bits per heavy atom. The van der Waals surface area contributed by atoms with Gasteiger partial charge in [0.1, 0.15) is 0 Å². The molecule has 8 heteroatoms. The Labute approximate surface area is 106 Å². The van der Waals surface area contributed by atoms with Crippen molar-refractivity contribution in [3.05, 3.63) is 0 Å². The largest absolute Gasteiger partial charge is 0.475 e. The zero-order valence-corrected chi connectivity index (χ0v) is 11.1. The highest BCUT2D eigenvalue weighted by Gasteiger charge is 2.61. The molecule has 1 fully saturated rings. The Morgan fingerprint density at radius 3 is 2.22 bits per heavy atom. The van der Waals surface area contributed by atoms with Gasteiger partial charge in [0.2, 0.25) is 0 Å². The maximum absolute atomic E-state index is 10.8. The minimum Gasteiger partial charge on any atom is -0.475 e. The van der Waals surface area contributed by atoms with Crippen LogP contribution in [0.2, 0.25) is 0 Å². The number of ether oxygens (including phenoxy) is 1. The highest BCUT2D eigenvalue weighted by molar-refractivity contribution is 7.82. The van der Waals surface area contributed by atoms with Crippen molar-refractivity contribution in [3.63, 3.8) is 0 Å². The maximum atomic E-state index is 10.8. The fourth-order valence-corrected chi connectivity index (χ4v) is 2.33. The predicted molar refractivity (Wildman–Crippen MR) is 60.8 cm³/mol. The minimum absolute atomic E-state index is 0.0773. The monoisotopic (exact) mass is 282 g/mol. The first-order valence-electron chi connectivity index (χ1n) is 5.95. The van der Waals surface area contributed by atoms with E-state index in [2.05, 4.69) is 15.3 Å². The normalized spacial score (nSPS) is 20.3. The zero-order chi connectivity index (χ0) is 13.6. The van der Waals surface area contributed by atoms with Gasteiger partial charge >= 0.3 is 22.3 Å². The van der Waals surface area contributed by atoms with Crippen LogP contribution < -0.4 is 0 Å². The quantitative estimate of drug-likeness (QED) is 0.638. The summed E-state index contributed by atoms with van der Waals surface area (Å²) in [6.07, 6.45) is 6.01. The molecule has 0 aliphatic carbocycles. The van der Waals surface area contributed by atoms with E-state index in [-0.39, 0.29) is 6.61 Å². The molecule has 7 nitrogen and oxygen atoms in total. The summed E-state index contributed by atoms with van der Waals surface area (Å²) in [5.74, 6) is -4.08. The molecule has 0 aromatic heterocycles. The molecule has 0 aromatic carbocycles. The molecule has 0 spiro atoms. The number of hydrogen-bond donors (Lipinski definition) is 1. The molecule has 18 heavy (non-hydrogen) atoms. The van der Waals surface area contributed by atoms with Crippen molar-refractivity contribution in [2.75, 3.05) is 6.61 Å². The summed E-state index contributed by atoms with van der Waals surface area (Å²) in [6, 6.07) is 0. The summed E-state index contributed by atoms with van der Waals surface area (Å²) in [7, 11) is -4.19. The van der Waals surface area contributed by atoms with E-state index >= 15 is 0 Å². The molecule has 1 N–H and O–H groups in total. The first-order valence-corrected chi connectivity index (χ1v) is 7.29. The van der Waals surface area contributed by atoms with Crippen LogP contribution in [-0.2, 0) is 28.3 Å². The Hall–Kier alpha value is -0.700. The van der Waals surface area contributed by atoms with Crippen LogP contribution in [-0.4, -0.2) is 32.1 Å². The molecule has 1 rings (SSSR count). The number of rotatable bonds is 9. The molecule has 0 bridgehead atoms. The molecule has 0 unspecified atom stereocenters. The summed E-state index contributed by atoms with van der Waals surface area (Å²) < 4.78 is 34.4. The van der Waals surface area contributed by atoms with Gasteiger partial charge in [0.15, 0.2) is 0 Å². The van der Waals surface area contributed by atoms with Gasteiger partial charge in [-0.05, 0) is 6.42 Å². The van der Waals surface area contributed by atoms with Crippen molar-refractivity contribution >= 4 is 16.4 Å². The second-order valence-electron chi connectivity index (χ2n) is 4.05. The molecule has 0 saturated carbocycles. The van der Waals surface area contributed by atoms with Gasteiger partial charge < -0.3 is 9.84 Å². The Kier molecular flexibility index (Phi) is 5.51. The molecule has 0 atom stereocenters. The first-order chi connectivity index (χ1) is 8.42. The fraction of sp³-hybridized carbons (Fsp3) is 0.900. The van der Waals surface area contributed by atoms with Gasteiger partial charge in [-0.2, -0.15) is 16.8 Å². The van der Waals surface area contributed by atoms with E-state index in [1.54, 1.807) is 0 Å². The van der Waals surface area contributed by atoms with Crippen LogP contribution in [0.25, 0.3) is 0 Å². The number of carboxylic acid groups (broad SMARTS) is 1. The van der Waals surface area contributed by atoms with Gasteiger partial charge in [0.25, 0.3) is 0 Å². The molecule has 1 saturated heterocycles. The van der Waals surface area contributed by atoms with Crippen LogP contribution in [0.5, 0.6) is 0 Å². The lowest BCUT2D eigenvalue weighted by Gasteiger charge is -2.33. The maximum Gasteiger partial charge on any atom is 0.419 e. The van der Waals surface area contributed by atoms with Crippen LogP contribution in [0.1, 0.15) is 45.4 Å². The molecule has 1 aliphatic heterocycles. The lowest BCUT2D eigenvalue weighted by molar-refractivity contribution is -0.334. The third kappa shape index (κ3) is 4.20. The molecule has 1 heterocycles. The average Bonchev–Trinajstić information content (AvgIpc) is 2.24. The summed E-state index contributed by atoms with van der Waals surface area (Å²) in [4.78, 5) is 10.8. The Balaban J connectivity index is 2.19. The number of carbonyl (C=O) groups is 1. The standard InChI is InChI=1S/C10H18O7S/c1-2-3-4-5-6-7-8-15-10(9(11)12)16-18(13,14)17-10/h2-8H2,1H3,(H,11,12). The van der Waals surface area contributed by atoms with Crippen molar-refractivity contribution < 1.29 is 31.4 Å². The molecule has 0 amide bonds. The number of unbranched alkanes of at least 4 members (excludes halogenated alkanes) is 5. The van der Waals surface area contributed by atoms with Gasteiger partial charge in [-0.1, -0.05) is 39.0 Å². The fourth-order valence-electron chi connectivity index (χ4n) is 1.55. The zero-order valence-electron chi connectivity index (χ0n) is 10.3. The van der Waals surface area contributed by atoms with E-state index in [1.807, 2.05) is 0 Å². The smallest absolute Gasteiger partial charge is 0.419 e. The van der Waals surface area contributed by atoms with E-state index in [0.29, 0.717) is 6.42 Å². The van der Waals surface area contributed by atoms with Crippen LogP contribution in [0.4, 0.5) is 0 Å². The van der Waals surface area contributed by atoms with Gasteiger partial charge in [-0.3, -0.25) is 0 Å². The van der Waals surface area contributed by atoms with Gasteiger partial charge in [0, 0.05) is 0 Å². The van der Waals surface area contributed by atoms with E-state index in [4.69, 9.17) is 9.84 Å². The second-order valence-corrected chi connectivity index (χ2v) is 5.20. The van der Waals surface area contributed by atoms with Crippen molar-refractivity contribution in [1.82, 2.24) is 0 Å². The highest BCUT2D eigenvalue weighted by atomic mass is 32.3. The minimum atomic E-state index is -4.19. The average molecular weight is 282 g/mol. The second kappa shape index (κ2) is 6.46. The molecule has 106 valence electrons. The molecule has 0 aromatic rings. The van der Waals surface area contributed by atoms with Crippen molar-refractivity contribution in [2.45, 2.75) is 51.4 Å². The lowest BCUT2D eigenvalue weighted by Crippen LogP contribution is -2.58. The number of hydrogen-bond acceptors (Lipinski definition) is 6. The van der Waals surface area contributed by atoms with Gasteiger partial charge in [0.05, 0.1) is 6.61 Å². The number of aliphatic carboxylic acids is 1. The summed E-state index contributed by atoms with van der Waals surface area (Å²) in [5, 5.41) is 8.75. The van der Waals surface area contributed by atoms with E-state index in [9.17, 15) is 13.2 Å². The third-order valence-corrected chi connectivity index (χ3v) is 3.32. The molecular weight excluding hydrogens is 264 g/mol. The van der Waals surface area contributed by atoms with Crippen LogP contribution in [0.3, 0.4) is 0 Å². The summed E-state index contributed by atoms with van der Waals surface area (Å²) in [5.41, 5.74) is 0. The van der Waals surface area contributed by atoms with Crippen molar-refractivity contribution in [1.29, 1.82) is 0 Å². The SMILES string of the molecule is CCCCCCCCOC1(C(=O)O)OS(=O)(=O)O1. The van der Waals surface area contributed by atoms with E-state index in [1.165, 1.54) is 6.42 Å². The summed E-state index contributed by atoms with van der Waals surface area (Å²) in [6.45, 7) is 2.19. The topological polar surface area (TPSA) is 99.1 Å². The highest BCUT2D eigenvalue weighted by Crippen LogP contribution is 2.32. The first kappa shape index (κ1) is 15.4. The van der Waals surface area contributed by atoms with Crippen molar-refractivity contribution in [3.8, 4) is 0 Å². The van der Waals surface area contributed by atoms with Gasteiger partial charge in [-0.25, -0.2) is 4.79 Å². The predicted octanol–water partition coefficient (Wildman–Crippen LogP) is 1.39. The van der Waals surface area contributed by atoms with E-state index in [0.717, 1.165) is 25.7 Å². The van der Waals surface area contributed by atoms with Gasteiger partial charge in [-0.15, -0.1) is 0 Å². The number of carboxylic acids is 1. The third-order valence-electron chi connectivity index (χ3n) is 2.48. The molecular formula is C10H18O7S.